The van der Waals surface area contributed by atoms with Crippen molar-refractivity contribution in [2.45, 2.75) is 0 Å². The lowest BCUT2D eigenvalue weighted by atomic mass is 10.3. The van der Waals surface area contributed by atoms with Gasteiger partial charge in [-0.05, 0) is 18.2 Å². The van der Waals surface area contributed by atoms with Crippen molar-refractivity contribution in [3.05, 3.63) is 35.7 Å². The normalized spacial score (nSPS) is 10.5. The van der Waals surface area contributed by atoms with E-state index < -0.39 is 5.91 Å². The van der Waals surface area contributed by atoms with Crippen molar-refractivity contribution in [1.29, 1.82) is 0 Å². The number of aliphatic hydroxyl groups is 1. The highest BCUT2D eigenvalue weighted by Gasteiger charge is 2.00. The minimum atomic E-state index is -0.556. The van der Waals surface area contributed by atoms with Gasteiger partial charge in [0.15, 0.2) is 0 Å². The molecule has 0 radical (unpaired) electrons. The standard InChI is InChI=1S/C9H10N2O2/c10-9(13)8-5-1-3-7(11-8)4-2-6-12/h1-5,12H,6H2,(H2,10,13). The summed E-state index contributed by atoms with van der Waals surface area (Å²) in [4.78, 5) is 14.7. The zero-order chi connectivity index (χ0) is 9.68. The van der Waals surface area contributed by atoms with Crippen LogP contribution in [0.25, 0.3) is 6.08 Å². The van der Waals surface area contributed by atoms with Gasteiger partial charge in [0.1, 0.15) is 5.69 Å². The van der Waals surface area contributed by atoms with Crippen LogP contribution < -0.4 is 5.73 Å². The van der Waals surface area contributed by atoms with Gasteiger partial charge < -0.3 is 10.8 Å². The van der Waals surface area contributed by atoms with Gasteiger partial charge in [0.25, 0.3) is 5.91 Å². The fraction of sp³-hybridized carbons (Fsp3) is 0.111. The number of hydrogen-bond acceptors (Lipinski definition) is 3. The molecule has 0 saturated carbocycles. The Morgan fingerprint density at radius 1 is 1.62 bits per heavy atom. The van der Waals surface area contributed by atoms with E-state index in [1.165, 1.54) is 6.08 Å². The van der Waals surface area contributed by atoms with Crippen molar-refractivity contribution in [1.82, 2.24) is 4.98 Å². The summed E-state index contributed by atoms with van der Waals surface area (Å²) in [5.74, 6) is -0.556. The maximum Gasteiger partial charge on any atom is 0.267 e. The van der Waals surface area contributed by atoms with E-state index in [0.717, 1.165) is 0 Å². The lowest BCUT2D eigenvalue weighted by molar-refractivity contribution is 0.0995. The second kappa shape index (κ2) is 4.37. The molecule has 0 aliphatic carbocycles. The summed E-state index contributed by atoms with van der Waals surface area (Å²) in [6.07, 6.45) is 3.15. The molecule has 0 bridgehead atoms. The molecule has 0 spiro atoms. The van der Waals surface area contributed by atoms with Crippen LogP contribution in [-0.2, 0) is 0 Å². The molecule has 1 rings (SSSR count). The Morgan fingerprint density at radius 3 is 3.00 bits per heavy atom. The Bertz CT molecular complexity index is 334. The van der Waals surface area contributed by atoms with E-state index in [9.17, 15) is 4.79 Å². The largest absolute Gasteiger partial charge is 0.392 e. The van der Waals surface area contributed by atoms with E-state index in [0.29, 0.717) is 5.69 Å². The number of hydrogen-bond donors (Lipinski definition) is 2. The second-order valence-corrected chi connectivity index (χ2v) is 2.40. The molecule has 3 N–H and O–H groups in total. The minimum Gasteiger partial charge on any atom is -0.392 e. The van der Waals surface area contributed by atoms with Crippen LogP contribution in [0.4, 0.5) is 0 Å². The van der Waals surface area contributed by atoms with Crippen LogP contribution in [0.2, 0.25) is 0 Å². The summed E-state index contributed by atoms with van der Waals surface area (Å²) in [6.45, 7) is -0.0531. The van der Waals surface area contributed by atoms with Crippen molar-refractivity contribution in [3.8, 4) is 0 Å². The first-order chi connectivity index (χ1) is 6.24. The molecule has 4 nitrogen and oxygen atoms in total. The third kappa shape index (κ3) is 2.68. The molecule has 0 aromatic carbocycles. The summed E-state index contributed by atoms with van der Waals surface area (Å²) < 4.78 is 0. The zero-order valence-electron chi connectivity index (χ0n) is 6.97. The Kier molecular flexibility index (Phi) is 3.16. The highest BCUT2D eigenvalue weighted by Crippen LogP contribution is 2.00. The molecule has 13 heavy (non-hydrogen) atoms. The van der Waals surface area contributed by atoms with Crippen LogP contribution in [0.5, 0.6) is 0 Å². The molecule has 1 aromatic heterocycles. The van der Waals surface area contributed by atoms with Gasteiger partial charge in [0.05, 0.1) is 12.3 Å². The number of rotatable bonds is 3. The quantitative estimate of drug-likeness (QED) is 0.693. The number of primary amides is 1. The van der Waals surface area contributed by atoms with Gasteiger partial charge in [0, 0.05) is 0 Å². The Hall–Kier alpha value is -1.68. The number of aromatic nitrogens is 1. The first kappa shape index (κ1) is 9.41. The summed E-state index contributed by atoms with van der Waals surface area (Å²) >= 11 is 0. The second-order valence-electron chi connectivity index (χ2n) is 2.40. The predicted molar refractivity (Wildman–Crippen MR) is 48.9 cm³/mol. The topological polar surface area (TPSA) is 76.2 Å². The summed E-state index contributed by atoms with van der Waals surface area (Å²) in [6, 6.07) is 4.95. The molecule has 1 amide bonds. The molecule has 0 aliphatic rings. The first-order valence-electron chi connectivity index (χ1n) is 3.78. The van der Waals surface area contributed by atoms with Crippen molar-refractivity contribution in [2.75, 3.05) is 6.61 Å². The minimum absolute atomic E-state index is 0.0531. The van der Waals surface area contributed by atoms with Gasteiger partial charge in [-0.1, -0.05) is 12.1 Å². The molecule has 68 valence electrons. The lowest BCUT2D eigenvalue weighted by Gasteiger charge is -1.95. The van der Waals surface area contributed by atoms with E-state index in [1.54, 1.807) is 24.3 Å². The number of amides is 1. The summed E-state index contributed by atoms with van der Waals surface area (Å²) in [7, 11) is 0. The number of nitrogens with two attached hydrogens (primary N) is 1. The van der Waals surface area contributed by atoms with Crippen LogP contribution in [0, 0.1) is 0 Å². The Labute approximate surface area is 75.7 Å². The van der Waals surface area contributed by atoms with Gasteiger partial charge in [-0.15, -0.1) is 0 Å². The van der Waals surface area contributed by atoms with Crippen LogP contribution in [0.3, 0.4) is 0 Å². The van der Waals surface area contributed by atoms with Gasteiger partial charge in [-0.2, -0.15) is 0 Å². The monoisotopic (exact) mass is 178 g/mol. The van der Waals surface area contributed by atoms with E-state index in [1.807, 2.05) is 0 Å². The average Bonchev–Trinajstić information content (AvgIpc) is 2.15. The fourth-order valence-electron chi connectivity index (χ4n) is 0.855. The SMILES string of the molecule is NC(=O)c1cccc(C=CCO)n1. The average molecular weight is 178 g/mol. The highest BCUT2D eigenvalue weighted by atomic mass is 16.2. The van der Waals surface area contributed by atoms with Gasteiger partial charge in [0.2, 0.25) is 0 Å². The van der Waals surface area contributed by atoms with Crippen LogP contribution in [0.15, 0.2) is 24.3 Å². The fourth-order valence-corrected chi connectivity index (χ4v) is 0.855. The molecular weight excluding hydrogens is 168 g/mol. The lowest BCUT2D eigenvalue weighted by Crippen LogP contribution is -2.13. The van der Waals surface area contributed by atoms with Crippen molar-refractivity contribution < 1.29 is 9.90 Å². The molecule has 0 unspecified atom stereocenters. The van der Waals surface area contributed by atoms with E-state index >= 15 is 0 Å². The number of pyridine rings is 1. The molecule has 1 aromatic rings. The van der Waals surface area contributed by atoms with Crippen LogP contribution >= 0.6 is 0 Å². The van der Waals surface area contributed by atoms with Crippen molar-refractivity contribution in [2.24, 2.45) is 5.73 Å². The molecule has 1 heterocycles. The zero-order valence-corrected chi connectivity index (χ0v) is 6.97. The summed E-state index contributed by atoms with van der Waals surface area (Å²) in [5, 5.41) is 8.50. The molecule has 0 saturated heterocycles. The maximum absolute atomic E-state index is 10.7. The third-order valence-electron chi connectivity index (χ3n) is 1.42. The smallest absolute Gasteiger partial charge is 0.267 e. The van der Waals surface area contributed by atoms with Crippen LogP contribution in [-0.4, -0.2) is 22.6 Å². The number of aliphatic hydroxyl groups excluding tert-OH is 1. The Balaban J connectivity index is 2.92. The molecular formula is C9H10N2O2. The highest BCUT2D eigenvalue weighted by molar-refractivity contribution is 5.90. The predicted octanol–water partition coefficient (Wildman–Crippen LogP) is 0.186. The van der Waals surface area contributed by atoms with Gasteiger partial charge in [-0.3, -0.25) is 4.79 Å². The number of carbonyl (C=O) groups excluding carboxylic acids is 1. The summed E-state index contributed by atoms with van der Waals surface area (Å²) in [5.41, 5.74) is 5.86. The van der Waals surface area contributed by atoms with Crippen molar-refractivity contribution in [3.63, 3.8) is 0 Å². The van der Waals surface area contributed by atoms with E-state index in [4.69, 9.17) is 10.8 Å². The Morgan fingerprint density at radius 2 is 2.38 bits per heavy atom. The maximum atomic E-state index is 10.7. The molecule has 0 fully saturated rings. The van der Waals surface area contributed by atoms with E-state index in [2.05, 4.69) is 4.98 Å². The third-order valence-corrected chi connectivity index (χ3v) is 1.42. The van der Waals surface area contributed by atoms with Crippen molar-refractivity contribution >= 4 is 12.0 Å². The number of nitrogens with zero attached hydrogens (tertiary/aromatic N) is 1. The van der Waals surface area contributed by atoms with Gasteiger partial charge >= 0.3 is 0 Å². The number of carbonyl (C=O) groups is 1. The molecule has 4 heteroatoms. The van der Waals surface area contributed by atoms with E-state index in [-0.39, 0.29) is 12.3 Å². The first-order valence-corrected chi connectivity index (χ1v) is 3.78. The van der Waals surface area contributed by atoms with Gasteiger partial charge in [-0.25, -0.2) is 4.98 Å². The van der Waals surface area contributed by atoms with Crippen LogP contribution in [0.1, 0.15) is 16.2 Å². The molecule has 0 atom stereocenters. The molecule has 0 aliphatic heterocycles.